The molecule has 0 bridgehead atoms. The number of aromatic amines is 1. The van der Waals surface area contributed by atoms with Gasteiger partial charge in [0.2, 0.25) is 5.91 Å². The van der Waals surface area contributed by atoms with Crippen LogP contribution >= 0.6 is 11.8 Å². The van der Waals surface area contributed by atoms with Crippen molar-refractivity contribution in [2.24, 2.45) is 0 Å². The van der Waals surface area contributed by atoms with Gasteiger partial charge in [-0.3, -0.25) is 19.1 Å². The van der Waals surface area contributed by atoms with Gasteiger partial charge in [-0.2, -0.15) is 0 Å². The zero-order valence-electron chi connectivity index (χ0n) is 17.7. The lowest BCUT2D eigenvalue weighted by molar-refractivity contribution is -0.116. The molecule has 9 heteroatoms. The third-order valence-corrected chi connectivity index (χ3v) is 5.88. The summed E-state index contributed by atoms with van der Waals surface area (Å²) >= 11 is 1.24. The quantitative estimate of drug-likeness (QED) is 0.482. The molecule has 3 aromatic rings. The number of thioether (sulfide) groups is 1. The molecule has 2 aromatic carbocycles. The summed E-state index contributed by atoms with van der Waals surface area (Å²) in [6, 6.07) is 15.0. The number of nitrogens with zero attached hydrogens (tertiary/aromatic N) is 2. The van der Waals surface area contributed by atoms with Gasteiger partial charge in [0.25, 0.3) is 5.56 Å². The van der Waals surface area contributed by atoms with Crippen LogP contribution in [0, 0.1) is 5.82 Å². The Bertz CT molecular complexity index is 1180. The first-order chi connectivity index (χ1) is 15.4. The van der Waals surface area contributed by atoms with Crippen LogP contribution in [0.15, 0.2) is 69.1 Å². The number of carbonyl (C=O) groups excluding carboxylic acids is 1. The predicted molar refractivity (Wildman–Crippen MR) is 126 cm³/mol. The number of amides is 1. The number of nitrogens with one attached hydrogen (secondary N) is 1. The van der Waals surface area contributed by atoms with Crippen LogP contribution in [0.1, 0.15) is 25.3 Å². The normalized spacial score (nSPS) is 10.8. The summed E-state index contributed by atoms with van der Waals surface area (Å²) in [6.07, 6.45) is 1.46. The second kappa shape index (κ2) is 10.8. The summed E-state index contributed by atoms with van der Waals surface area (Å²) in [7, 11) is 0. The number of halogens is 1. The zero-order valence-corrected chi connectivity index (χ0v) is 18.5. The van der Waals surface area contributed by atoms with E-state index in [1.165, 1.54) is 33.4 Å². The molecule has 0 aliphatic rings. The molecule has 0 radical (unpaired) electrons. The van der Waals surface area contributed by atoms with Gasteiger partial charge >= 0.3 is 5.69 Å². The molecular weight excluding hydrogens is 431 g/mol. The number of anilines is 2. The summed E-state index contributed by atoms with van der Waals surface area (Å²) in [4.78, 5) is 42.6. The van der Waals surface area contributed by atoms with Gasteiger partial charge in [-0.25, -0.2) is 9.18 Å². The van der Waals surface area contributed by atoms with E-state index in [0.29, 0.717) is 6.42 Å². The van der Waals surface area contributed by atoms with Crippen LogP contribution in [0.2, 0.25) is 0 Å². The van der Waals surface area contributed by atoms with Crippen LogP contribution in [0.3, 0.4) is 0 Å². The lowest BCUT2D eigenvalue weighted by Gasteiger charge is -2.24. The van der Waals surface area contributed by atoms with Crippen molar-refractivity contribution in [2.45, 2.75) is 31.2 Å². The van der Waals surface area contributed by atoms with Crippen molar-refractivity contribution in [3.05, 3.63) is 86.8 Å². The van der Waals surface area contributed by atoms with Crippen molar-refractivity contribution in [2.75, 3.05) is 22.9 Å². The average Bonchev–Trinajstić information content (AvgIpc) is 2.79. The van der Waals surface area contributed by atoms with E-state index in [9.17, 15) is 18.8 Å². The highest BCUT2D eigenvalue weighted by molar-refractivity contribution is 8.00. The van der Waals surface area contributed by atoms with Crippen LogP contribution in [0.25, 0.3) is 0 Å². The van der Waals surface area contributed by atoms with Crippen LogP contribution in [0.5, 0.6) is 0 Å². The molecule has 0 spiro atoms. The Hall–Kier alpha value is -3.33. The Labute approximate surface area is 189 Å². The Morgan fingerprint density at radius 2 is 1.81 bits per heavy atom. The van der Waals surface area contributed by atoms with Gasteiger partial charge < -0.3 is 10.6 Å². The van der Waals surface area contributed by atoms with Crippen molar-refractivity contribution >= 4 is 29.2 Å². The second-order valence-electron chi connectivity index (χ2n) is 7.21. The maximum absolute atomic E-state index is 13.1. The topological polar surface area (TPSA) is 101 Å². The predicted octanol–water partition coefficient (Wildman–Crippen LogP) is 3.23. The van der Waals surface area contributed by atoms with E-state index in [-0.39, 0.29) is 42.1 Å². The Morgan fingerprint density at radius 1 is 1.12 bits per heavy atom. The van der Waals surface area contributed by atoms with E-state index in [4.69, 9.17) is 5.73 Å². The number of hydrogen-bond acceptors (Lipinski definition) is 5. The molecule has 32 heavy (non-hydrogen) atoms. The third kappa shape index (κ3) is 5.67. The van der Waals surface area contributed by atoms with Gasteiger partial charge in [-0.05, 0) is 36.2 Å². The fourth-order valence-electron chi connectivity index (χ4n) is 3.19. The number of carbonyl (C=O) groups is 1. The second-order valence-corrected chi connectivity index (χ2v) is 8.26. The van der Waals surface area contributed by atoms with Gasteiger partial charge in [0.15, 0.2) is 5.69 Å². The monoisotopic (exact) mass is 456 g/mol. The molecule has 0 fully saturated rings. The summed E-state index contributed by atoms with van der Waals surface area (Å²) in [5.41, 5.74) is 5.73. The molecule has 1 heterocycles. The lowest BCUT2D eigenvalue weighted by Crippen LogP contribution is -2.42. The molecular formula is C23H25FN4O3S. The zero-order chi connectivity index (χ0) is 23.1. The number of nitrogen functional groups attached to an aromatic ring is 1. The Morgan fingerprint density at radius 3 is 2.47 bits per heavy atom. The SMILES string of the molecule is CCCCN(C(=O)CSc1ccc(F)cc1)c1c(N)n(Cc2ccccc2)c(=O)[nH]c1=O. The fraction of sp³-hybridized carbons (Fsp3) is 0.261. The smallest absolute Gasteiger partial charge is 0.330 e. The minimum Gasteiger partial charge on any atom is -0.383 e. The van der Waals surface area contributed by atoms with Crippen LogP contribution in [0.4, 0.5) is 15.9 Å². The maximum atomic E-state index is 13.1. The number of hydrogen-bond donors (Lipinski definition) is 2. The van der Waals surface area contributed by atoms with Gasteiger partial charge in [0.1, 0.15) is 11.6 Å². The van der Waals surface area contributed by atoms with Crippen molar-refractivity contribution in [1.82, 2.24) is 9.55 Å². The van der Waals surface area contributed by atoms with Crippen molar-refractivity contribution in [1.29, 1.82) is 0 Å². The summed E-state index contributed by atoms with van der Waals surface area (Å²) < 4.78 is 14.4. The molecule has 1 aromatic heterocycles. The molecule has 0 atom stereocenters. The number of benzene rings is 2. The van der Waals surface area contributed by atoms with Crippen LogP contribution in [-0.2, 0) is 11.3 Å². The summed E-state index contributed by atoms with van der Waals surface area (Å²) in [5.74, 6) is -0.703. The van der Waals surface area contributed by atoms with E-state index in [1.807, 2.05) is 37.3 Å². The van der Waals surface area contributed by atoms with E-state index in [1.54, 1.807) is 12.1 Å². The molecule has 0 aliphatic heterocycles. The number of unbranched alkanes of at least 4 members (excludes halogenated alkanes) is 1. The first-order valence-corrected chi connectivity index (χ1v) is 11.2. The fourth-order valence-corrected chi connectivity index (χ4v) is 3.97. The van der Waals surface area contributed by atoms with E-state index >= 15 is 0 Å². The number of H-pyrrole nitrogens is 1. The van der Waals surface area contributed by atoms with Gasteiger partial charge in [-0.1, -0.05) is 43.7 Å². The van der Waals surface area contributed by atoms with Crippen molar-refractivity contribution in [3.63, 3.8) is 0 Å². The first-order valence-electron chi connectivity index (χ1n) is 10.3. The number of aromatic nitrogens is 2. The molecule has 1 amide bonds. The van der Waals surface area contributed by atoms with Crippen LogP contribution in [-0.4, -0.2) is 27.8 Å². The van der Waals surface area contributed by atoms with Crippen molar-refractivity contribution < 1.29 is 9.18 Å². The van der Waals surface area contributed by atoms with E-state index in [2.05, 4.69) is 4.98 Å². The van der Waals surface area contributed by atoms with Gasteiger partial charge in [-0.15, -0.1) is 11.8 Å². The highest BCUT2D eigenvalue weighted by atomic mass is 32.2. The Kier molecular flexibility index (Phi) is 7.88. The highest BCUT2D eigenvalue weighted by Gasteiger charge is 2.24. The third-order valence-electron chi connectivity index (χ3n) is 4.88. The minimum atomic E-state index is -0.701. The lowest BCUT2D eigenvalue weighted by atomic mass is 10.2. The van der Waals surface area contributed by atoms with Crippen LogP contribution < -0.4 is 21.9 Å². The Balaban J connectivity index is 1.92. The maximum Gasteiger partial charge on any atom is 0.330 e. The van der Waals surface area contributed by atoms with Crippen molar-refractivity contribution in [3.8, 4) is 0 Å². The summed E-state index contributed by atoms with van der Waals surface area (Å²) in [5, 5.41) is 0. The molecule has 0 unspecified atom stereocenters. The standard InChI is InChI=1S/C23H25FN4O3S/c1-2-3-13-27(19(29)15-32-18-11-9-17(24)10-12-18)20-21(25)28(23(31)26-22(20)30)14-16-7-5-4-6-8-16/h4-12H,2-3,13-15,25H2,1H3,(H,26,30,31). The molecule has 3 rings (SSSR count). The largest absolute Gasteiger partial charge is 0.383 e. The minimum absolute atomic E-state index is 0.0290. The number of rotatable bonds is 9. The molecule has 3 N–H and O–H groups in total. The molecule has 0 aliphatic carbocycles. The molecule has 0 saturated heterocycles. The summed E-state index contributed by atoms with van der Waals surface area (Å²) in [6.45, 7) is 2.42. The van der Waals surface area contributed by atoms with E-state index < -0.39 is 11.2 Å². The average molecular weight is 457 g/mol. The molecule has 0 saturated carbocycles. The van der Waals surface area contributed by atoms with Gasteiger partial charge in [0, 0.05) is 11.4 Å². The van der Waals surface area contributed by atoms with Gasteiger partial charge in [0.05, 0.1) is 12.3 Å². The number of nitrogens with two attached hydrogens (primary N) is 1. The van der Waals surface area contributed by atoms with E-state index in [0.717, 1.165) is 16.9 Å². The highest BCUT2D eigenvalue weighted by Crippen LogP contribution is 2.23. The molecule has 7 nitrogen and oxygen atoms in total. The molecule has 168 valence electrons. The first kappa shape index (κ1) is 23.3.